The van der Waals surface area contributed by atoms with Crippen LogP contribution in [0, 0.1) is 21.0 Å². The number of anilines is 4. The first-order chi connectivity index (χ1) is 15.2. The third-order valence-electron chi connectivity index (χ3n) is 4.96. The Morgan fingerprint density at radius 1 is 1.03 bits per heavy atom. The highest BCUT2D eigenvalue weighted by atomic mass is 127. The van der Waals surface area contributed by atoms with Crippen LogP contribution in [0.15, 0.2) is 54.6 Å². The molecule has 3 aromatic rings. The van der Waals surface area contributed by atoms with Crippen molar-refractivity contribution in [3.05, 3.63) is 75.6 Å². The normalized spacial score (nSPS) is 13.7. The van der Waals surface area contributed by atoms with Crippen molar-refractivity contribution in [3.8, 4) is 5.75 Å². The predicted molar refractivity (Wildman–Crippen MR) is 126 cm³/mol. The van der Waals surface area contributed by atoms with Gasteiger partial charge in [-0.3, -0.25) is 0 Å². The van der Waals surface area contributed by atoms with E-state index >= 15 is 4.39 Å². The van der Waals surface area contributed by atoms with Crippen molar-refractivity contribution < 1.29 is 26.3 Å². The standard InChI is InChI=1S/C22H18F3IN2O3S/c1-31-19-12-17(24)20(25)21(27-18-10-7-13(26)11-16(18)23)22(19)28(14-5-3-2-4-6-14)32(29,30)15-8-9-15/h2-7,10-12,15,27H,8-9H2,1H3. The second kappa shape index (κ2) is 8.81. The van der Waals surface area contributed by atoms with Crippen molar-refractivity contribution in [2.75, 3.05) is 16.7 Å². The van der Waals surface area contributed by atoms with Crippen LogP contribution in [0.2, 0.25) is 0 Å². The van der Waals surface area contributed by atoms with E-state index in [1.54, 1.807) is 24.3 Å². The van der Waals surface area contributed by atoms with Gasteiger partial charge in [0.1, 0.15) is 22.9 Å². The molecule has 0 radical (unpaired) electrons. The first kappa shape index (κ1) is 22.7. The largest absolute Gasteiger partial charge is 0.494 e. The molecule has 10 heteroatoms. The van der Waals surface area contributed by atoms with Crippen LogP contribution in [0.4, 0.5) is 35.9 Å². The van der Waals surface area contributed by atoms with E-state index in [-0.39, 0.29) is 22.8 Å². The van der Waals surface area contributed by atoms with Crippen LogP contribution in [-0.4, -0.2) is 20.8 Å². The van der Waals surface area contributed by atoms with Crippen LogP contribution in [-0.2, 0) is 10.0 Å². The summed E-state index contributed by atoms with van der Waals surface area (Å²) in [7, 11) is -2.78. The molecule has 0 bridgehead atoms. The fourth-order valence-electron chi connectivity index (χ4n) is 3.27. The number of nitrogens with zero attached hydrogens (tertiary/aromatic N) is 1. The zero-order valence-corrected chi connectivity index (χ0v) is 19.8. The Balaban J connectivity index is 1.99. The van der Waals surface area contributed by atoms with Gasteiger partial charge >= 0.3 is 0 Å². The fourth-order valence-corrected chi connectivity index (χ4v) is 5.61. The summed E-state index contributed by atoms with van der Waals surface area (Å²) in [4.78, 5) is 0. The van der Waals surface area contributed by atoms with Gasteiger partial charge in [0, 0.05) is 9.64 Å². The molecule has 0 unspecified atom stereocenters. The highest BCUT2D eigenvalue weighted by Crippen LogP contribution is 2.48. The molecular formula is C22H18F3IN2O3S. The lowest BCUT2D eigenvalue weighted by atomic mass is 10.2. The van der Waals surface area contributed by atoms with E-state index in [4.69, 9.17) is 4.74 Å². The van der Waals surface area contributed by atoms with Crippen LogP contribution in [0.1, 0.15) is 12.8 Å². The summed E-state index contributed by atoms with van der Waals surface area (Å²) >= 11 is 1.92. The molecule has 0 spiro atoms. The molecule has 0 aromatic heterocycles. The number of halogens is 4. The zero-order valence-electron chi connectivity index (χ0n) is 16.8. The van der Waals surface area contributed by atoms with E-state index in [1.807, 2.05) is 22.6 Å². The molecule has 5 nitrogen and oxygen atoms in total. The SMILES string of the molecule is COc1cc(F)c(F)c(Nc2ccc(I)cc2F)c1N(c1ccccc1)S(=O)(=O)C1CC1. The van der Waals surface area contributed by atoms with Gasteiger partial charge in [-0.2, -0.15) is 0 Å². The number of sulfonamides is 1. The summed E-state index contributed by atoms with van der Waals surface area (Å²) in [6, 6.07) is 13.0. The van der Waals surface area contributed by atoms with Gasteiger partial charge in [-0.05, 0) is 65.8 Å². The van der Waals surface area contributed by atoms with Gasteiger partial charge in [-0.15, -0.1) is 0 Å². The Labute approximate surface area is 197 Å². The molecule has 0 amide bonds. The van der Waals surface area contributed by atoms with E-state index < -0.39 is 38.4 Å². The van der Waals surface area contributed by atoms with Crippen molar-refractivity contribution >= 4 is 55.4 Å². The van der Waals surface area contributed by atoms with Crippen molar-refractivity contribution in [1.29, 1.82) is 0 Å². The summed E-state index contributed by atoms with van der Waals surface area (Å²) in [6.45, 7) is 0. The molecule has 1 N–H and O–H groups in total. The van der Waals surface area contributed by atoms with Crippen LogP contribution in [0.3, 0.4) is 0 Å². The topological polar surface area (TPSA) is 58.6 Å². The summed E-state index contributed by atoms with van der Waals surface area (Å²) in [5, 5.41) is 1.89. The van der Waals surface area contributed by atoms with Crippen LogP contribution in [0.25, 0.3) is 0 Å². The third-order valence-corrected chi connectivity index (χ3v) is 7.85. The summed E-state index contributed by atoms with van der Waals surface area (Å²) in [6.07, 6.45) is 0.901. The molecule has 1 fully saturated rings. The molecule has 4 rings (SSSR count). The lowest BCUT2D eigenvalue weighted by molar-refractivity contribution is 0.408. The fraction of sp³-hybridized carbons (Fsp3) is 0.182. The Bertz CT molecular complexity index is 1270. The second-order valence-corrected chi connectivity index (χ2v) is 10.5. The summed E-state index contributed by atoms with van der Waals surface area (Å²) in [5.74, 6) is -3.55. The van der Waals surface area contributed by atoms with Crippen molar-refractivity contribution in [2.45, 2.75) is 18.1 Å². The van der Waals surface area contributed by atoms with E-state index in [2.05, 4.69) is 5.32 Å². The molecule has 32 heavy (non-hydrogen) atoms. The maximum absolute atomic E-state index is 15.1. The highest BCUT2D eigenvalue weighted by Gasteiger charge is 2.43. The molecular weight excluding hydrogens is 556 g/mol. The number of rotatable bonds is 7. The second-order valence-electron chi connectivity index (χ2n) is 7.19. The van der Waals surface area contributed by atoms with Crippen LogP contribution >= 0.6 is 22.6 Å². The molecule has 1 aliphatic carbocycles. The molecule has 0 heterocycles. The van der Waals surface area contributed by atoms with Gasteiger partial charge in [0.05, 0.1) is 23.7 Å². The van der Waals surface area contributed by atoms with E-state index in [0.29, 0.717) is 16.4 Å². The average Bonchev–Trinajstić information content (AvgIpc) is 3.61. The quantitative estimate of drug-likeness (QED) is 0.347. The van der Waals surface area contributed by atoms with Crippen molar-refractivity contribution in [1.82, 2.24) is 0 Å². The summed E-state index contributed by atoms with van der Waals surface area (Å²) < 4.78 is 77.8. The molecule has 0 atom stereocenters. The molecule has 0 saturated heterocycles. The minimum absolute atomic E-state index is 0.143. The van der Waals surface area contributed by atoms with Gasteiger partial charge in [-0.25, -0.2) is 25.9 Å². The number of para-hydroxylation sites is 1. The first-order valence-corrected chi connectivity index (χ1v) is 12.2. The van der Waals surface area contributed by atoms with Gasteiger partial charge in [-0.1, -0.05) is 18.2 Å². The minimum Gasteiger partial charge on any atom is -0.494 e. The van der Waals surface area contributed by atoms with Gasteiger partial charge in [0.25, 0.3) is 0 Å². The average molecular weight is 574 g/mol. The van der Waals surface area contributed by atoms with E-state index in [9.17, 15) is 17.2 Å². The van der Waals surface area contributed by atoms with Crippen molar-refractivity contribution in [3.63, 3.8) is 0 Å². The monoisotopic (exact) mass is 574 g/mol. The number of methoxy groups -OCH3 is 1. The van der Waals surface area contributed by atoms with E-state index in [0.717, 1.165) is 10.4 Å². The predicted octanol–water partition coefficient (Wildman–Crippen LogP) is 6.09. The number of benzene rings is 3. The number of ether oxygens (including phenoxy) is 1. The number of hydrogen-bond acceptors (Lipinski definition) is 4. The lowest BCUT2D eigenvalue weighted by Crippen LogP contribution is -2.30. The zero-order chi connectivity index (χ0) is 23.0. The first-order valence-electron chi connectivity index (χ1n) is 9.61. The van der Waals surface area contributed by atoms with Crippen LogP contribution < -0.4 is 14.4 Å². The molecule has 1 saturated carbocycles. The Hall–Kier alpha value is -2.47. The van der Waals surface area contributed by atoms with E-state index in [1.165, 1.54) is 31.4 Å². The van der Waals surface area contributed by atoms with Gasteiger partial charge in [0.15, 0.2) is 11.6 Å². The molecule has 3 aromatic carbocycles. The maximum atomic E-state index is 15.1. The van der Waals surface area contributed by atoms with Gasteiger partial charge < -0.3 is 10.1 Å². The summed E-state index contributed by atoms with van der Waals surface area (Å²) in [5.41, 5.74) is -0.734. The molecule has 168 valence electrons. The Kier molecular flexibility index (Phi) is 6.26. The smallest absolute Gasteiger partial charge is 0.242 e. The molecule has 0 aliphatic heterocycles. The maximum Gasteiger partial charge on any atom is 0.242 e. The molecule has 1 aliphatic rings. The lowest BCUT2D eigenvalue weighted by Gasteiger charge is -2.29. The van der Waals surface area contributed by atoms with Crippen LogP contribution in [0.5, 0.6) is 5.75 Å². The minimum atomic E-state index is -4.00. The Morgan fingerprint density at radius 2 is 1.72 bits per heavy atom. The highest BCUT2D eigenvalue weighted by molar-refractivity contribution is 14.1. The van der Waals surface area contributed by atoms with Crippen molar-refractivity contribution in [2.24, 2.45) is 0 Å². The third kappa shape index (κ3) is 4.25. The van der Waals surface area contributed by atoms with Gasteiger partial charge in [0.2, 0.25) is 10.0 Å². The number of nitrogens with one attached hydrogen (secondary N) is 1. The Morgan fingerprint density at radius 3 is 2.31 bits per heavy atom. The number of hydrogen-bond donors (Lipinski definition) is 1.